The molecule has 0 spiro atoms. The molecule has 0 saturated heterocycles. The molecule has 0 radical (unpaired) electrons. The predicted octanol–water partition coefficient (Wildman–Crippen LogP) is 3.37. The summed E-state index contributed by atoms with van der Waals surface area (Å²) < 4.78 is 8.03. The summed E-state index contributed by atoms with van der Waals surface area (Å²) >= 11 is 0. The molecule has 0 atom stereocenters. The number of benzene rings is 1. The maximum absolute atomic E-state index is 6.00. The largest absolute Gasteiger partial charge is 0.493 e. The summed E-state index contributed by atoms with van der Waals surface area (Å²) in [5, 5.41) is 0. The quantitative estimate of drug-likeness (QED) is 0.785. The van der Waals surface area contributed by atoms with E-state index in [1.54, 1.807) is 6.20 Å². The normalized spacial score (nSPS) is 12.2. The van der Waals surface area contributed by atoms with Crippen LogP contribution in [-0.4, -0.2) is 41.7 Å². The number of hydrogen-bond donors (Lipinski definition) is 0. The van der Waals surface area contributed by atoms with E-state index < -0.39 is 0 Å². The van der Waals surface area contributed by atoms with Crippen molar-refractivity contribution in [2.24, 2.45) is 5.92 Å². The highest BCUT2D eigenvalue weighted by molar-refractivity contribution is 5.70. The SMILES string of the molecule is CC(C)COc1ccccc1/C(=C\CN(C)C)n1ccnc1. The smallest absolute Gasteiger partial charge is 0.128 e. The Labute approximate surface area is 133 Å². The van der Waals surface area contributed by atoms with Crippen LogP contribution in [0.25, 0.3) is 5.70 Å². The molecule has 2 rings (SSSR count). The highest BCUT2D eigenvalue weighted by Crippen LogP contribution is 2.27. The first-order valence-electron chi connectivity index (χ1n) is 7.63. The van der Waals surface area contributed by atoms with Crippen molar-refractivity contribution in [3.63, 3.8) is 0 Å². The number of nitrogens with zero attached hydrogens (tertiary/aromatic N) is 3. The molecule has 0 aliphatic carbocycles. The van der Waals surface area contributed by atoms with Gasteiger partial charge >= 0.3 is 0 Å². The standard InChI is InChI=1S/C18H25N3O/c1-15(2)13-22-18-8-6-5-7-16(18)17(9-11-20(3)4)21-12-10-19-14-21/h5-10,12,14-15H,11,13H2,1-4H3/b17-9+. The molecule has 1 heterocycles. The fourth-order valence-electron chi connectivity index (χ4n) is 2.09. The van der Waals surface area contributed by atoms with E-state index in [4.69, 9.17) is 4.74 Å². The van der Waals surface area contributed by atoms with Crippen molar-refractivity contribution in [3.05, 3.63) is 54.6 Å². The molecule has 1 aromatic carbocycles. The fourth-order valence-corrected chi connectivity index (χ4v) is 2.09. The van der Waals surface area contributed by atoms with E-state index in [-0.39, 0.29) is 0 Å². The molecule has 0 unspecified atom stereocenters. The van der Waals surface area contributed by atoms with Crippen molar-refractivity contribution >= 4 is 5.70 Å². The third kappa shape index (κ3) is 4.46. The number of hydrogen-bond acceptors (Lipinski definition) is 3. The van der Waals surface area contributed by atoms with Crippen molar-refractivity contribution in [1.29, 1.82) is 0 Å². The van der Waals surface area contributed by atoms with Crippen LogP contribution < -0.4 is 4.74 Å². The number of aromatic nitrogens is 2. The van der Waals surface area contributed by atoms with Crippen LogP contribution in [0.4, 0.5) is 0 Å². The lowest BCUT2D eigenvalue weighted by Crippen LogP contribution is -2.13. The zero-order valence-electron chi connectivity index (χ0n) is 13.9. The van der Waals surface area contributed by atoms with Crippen LogP contribution in [-0.2, 0) is 0 Å². The lowest BCUT2D eigenvalue weighted by atomic mass is 10.1. The number of ether oxygens (including phenoxy) is 1. The molecule has 2 aromatic rings. The molecule has 4 heteroatoms. The highest BCUT2D eigenvalue weighted by Gasteiger charge is 2.11. The van der Waals surface area contributed by atoms with E-state index in [1.807, 2.05) is 35.3 Å². The van der Waals surface area contributed by atoms with Crippen LogP contribution in [0.2, 0.25) is 0 Å². The van der Waals surface area contributed by atoms with Crippen molar-refractivity contribution in [2.75, 3.05) is 27.2 Å². The number of rotatable bonds is 7. The molecule has 118 valence electrons. The Morgan fingerprint density at radius 2 is 2.09 bits per heavy atom. The second-order valence-corrected chi connectivity index (χ2v) is 6.02. The van der Waals surface area contributed by atoms with Gasteiger partial charge in [-0.3, -0.25) is 0 Å². The summed E-state index contributed by atoms with van der Waals surface area (Å²) in [6, 6.07) is 8.17. The predicted molar refractivity (Wildman–Crippen MR) is 90.9 cm³/mol. The van der Waals surface area contributed by atoms with Crippen LogP contribution in [0.15, 0.2) is 49.1 Å². The maximum Gasteiger partial charge on any atom is 0.128 e. The van der Waals surface area contributed by atoms with Crippen LogP contribution in [0.5, 0.6) is 5.75 Å². The third-order valence-electron chi connectivity index (χ3n) is 3.17. The molecular formula is C18H25N3O. The third-order valence-corrected chi connectivity index (χ3v) is 3.17. The monoisotopic (exact) mass is 299 g/mol. The molecule has 0 aliphatic rings. The van der Waals surface area contributed by atoms with E-state index in [9.17, 15) is 0 Å². The average Bonchev–Trinajstić information content (AvgIpc) is 3.00. The molecule has 0 fully saturated rings. The molecule has 0 saturated carbocycles. The van der Waals surface area contributed by atoms with Gasteiger partial charge in [-0.25, -0.2) is 4.98 Å². The minimum absolute atomic E-state index is 0.496. The summed E-state index contributed by atoms with van der Waals surface area (Å²) in [6.07, 6.45) is 7.77. The Kier molecular flexibility index (Phi) is 5.78. The Morgan fingerprint density at radius 1 is 1.32 bits per heavy atom. The molecular weight excluding hydrogens is 274 g/mol. The maximum atomic E-state index is 6.00. The van der Waals surface area contributed by atoms with Gasteiger partial charge in [0.25, 0.3) is 0 Å². The second-order valence-electron chi connectivity index (χ2n) is 6.02. The molecule has 0 amide bonds. The lowest BCUT2D eigenvalue weighted by molar-refractivity contribution is 0.270. The van der Waals surface area contributed by atoms with Gasteiger partial charge in [0, 0.05) is 24.5 Å². The molecule has 1 aromatic heterocycles. The van der Waals surface area contributed by atoms with Crippen LogP contribution >= 0.6 is 0 Å². The van der Waals surface area contributed by atoms with Crippen LogP contribution in [0.1, 0.15) is 19.4 Å². The summed E-state index contributed by atoms with van der Waals surface area (Å²) in [5.74, 6) is 1.41. The van der Waals surface area contributed by atoms with Gasteiger partial charge in [0.1, 0.15) is 5.75 Å². The van der Waals surface area contributed by atoms with Gasteiger partial charge in [-0.1, -0.05) is 26.0 Å². The molecule has 0 aliphatic heterocycles. The van der Waals surface area contributed by atoms with Crippen molar-refractivity contribution in [2.45, 2.75) is 13.8 Å². The number of likely N-dealkylation sites (N-methyl/N-ethyl adjacent to an activating group) is 1. The van der Waals surface area contributed by atoms with Crippen molar-refractivity contribution < 1.29 is 4.74 Å². The van der Waals surface area contributed by atoms with E-state index in [1.165, 1.54) is 0 Å². The molecule has 4 nitrogen and oxygen atoms in total. The second kappa shape index (κ2) is 7.80. The zero-order chi connectivity index (χ0) is 15.9. The lowest BCUT2D eigenvalue weighted by Gasteiger charge is -2.17. The van der Waals surface area contributed by atoms with Crippen LogP contribution in [0, 0.1) is 5.92 Å². The van der Waals surface area contributed by atoms with E-state index in [0.29, 0.717) is 12.5 Å². The highest BCUT2D eigenvalue weighted by atomic mass is 16.5. The minimum atomic E-state index is 0.496. The summed E-state index contributed by atoms with van der Waals surface area (Å²) in [5.41, 5.74) is 2.17. The molecule has 22 heavy (non-hydrogen) atoms. The van der Waals surface area contributed by atoms with Crippen LogP contribution in [0.3, 0.4) is 0 Å². The fraction of sp³-hybridized carbons (Fsp3) is 0.389. The van der Waals surface area contributed by atoms with Gasteiger partial charge in [-0.15, -0.1) is 0 Å². The average molecular weight is 299 g/mol. The number of para-hydroxylation sites is 1. The summed E-state index contributed by atoms with van der Waals surface area (Å²) in [6.45, 7) is 5.87. The first kappa shape index (κ1) is 16.3. The summed E-state index contributed by atoms with van der Waals surface area (Å²) in [7, 11) is 4.12. The number of imidazole rings is 1. The van der Waals surface area contributed by atoms with Gasteiger partial charge in [-0.2, -0.15) is 0 Å². The van der Waals surface area contributed by atoms with Crippen molar-refractivity contribution in [3.8, 4) is 5.75 Å². The Morgan fingerprint density at radius 3 is 2.73 bits per heavy atom. The van der Waals surface area contributed by atoms with E-state index >= 15 is 0 Å². The Bertz CT molecular complexity index is 601. The first-order valence-corrected chi connectivity index (χ1v) is 7.63. The van der Waals surface area contributed by atoms with E-state index in [0.717, 1.165) is 23.6 Å². The topological polar surface area (TPSA) is 30.3 Å². The van der Waals surface area contributed by atoms with Gasteiger partial charge in [-0.05, 0) is 38.2 Å². The molecule has 0 bridgehead atoms. The first-order chi connectivity index (χ1) is 10.6. The zero-order valence-corrected chi connectivity index (χ0v) is 13.9. The summed E-state index contributed by atoms with van der Waals surface area (Å²) in [4.78, 5) is 6.30. The van der Waals surface area contributed by atoms with Gasteiger partial charge in [0.2, 0.25) is 0 Å². The Balaban J connectivity index is 2.37. The van der Waals surface area contributed by atoms with Crippen molar-refractivity contribution in [1.82, 2.24) is 14.5 Å². The van der Waals surface area contributed by atoms with Gasteiger partial charge in [0.05, 0.1) is 18.6 Å². The molecule has 0 N–H and O–H groups in total. The van der Waals surface area contributed by atoms with Gasteiger partial charge in [0.15, 0.2) is 0 Å². The Hall–Kier alpha value is -2.07. The minimum Gasteiger partial charge on any atom is -0.493 e. The van der Waals surface area contributed by atoms with E-state index in [2.05, 4.69) is 50.0 Å². The van der Waals surface area contributed by atoms with Gasteiger partial charge < -0.3 is 14.2 Å².